The summed E-state index contributed by atoms with van der Waals surface area (Å²) in [6.45, 7) is 0. The Morgan fingerprint density at radius 1 is 1.24 bits per heavy atom. The topological polar surface area (TPSA) is 42.0 Å². The molecule has 1 heterocycles. The molecule has 0 atom stereocenters. The Morgan fingerprint density at radius 2 is 2.06 bits per heavy atom. The number of hydrogen-bond acceptors (Lipinski definition) is 2. The molecule has 0 saturated carbocycles. The maximum absolute atomic E-state index is 13.4. The van der Waals surface area contributed by atoms with Gasteiger partial charge in [0.25, 0.3) is 5.91 Å². The molecule has 1 N–H and O–H groups in total. The fraction of sp³-hybridized carbons (Fsp3) is 0. The van der Waals surface area contributed by atoms with Crippen LogP contribution in [0.1, 0.15) is 10.4 Å². The van der Waals surface area contributed by atoms with Crippen molar-refractivity contribution >= 4 is 23.3 Å². The van der Waals surface area contributed by atoms with Gasteiger partial charge < -0.3 is 5.32 Å². The van der Waals surface area contributed by atoms with Crippen LogP contribution in [0.4, 0.5) is 10.2 Å². The van der Waals surface area contributed by atoms with Gasteiger partial charge in [-0.15, -0.1) is 0 Å². The van der Waals surface area contributed by atoms with Crippen LogP contribution < -0.4 is 5.32 Å². The van der Waals surface area contributed by atoms with Crippen molar-refractivity contribution in [3.8, 4) is 0 Å². The zero-order valence-corrected chi connectivity index (χ0v) is 9.41. The van der Waals surface area contributed by atoms with Crippen molar-refractivity contribution in [1.29, 1.82) is 0 Å². The number of pyridine rings is 1. The lowest BCUT2D eigenvalue weighted by atomic mass is 10.2. The summed E-state index contributed by atoms with van der Waals surface area (Å²) in [5, 5.41) is 2.53. The minimum Gasteiger partial charge on any atom is -0.306 e. The van der Waals surface area contributed by atoms with E-state index in [1.54, 1.807) is 18.2 Å². The Morgan fingerprint density at radius 3 is 2.71 bits per heavy atom. The average molecular weight is 251 g/mol. The number of rotatable bonds is 2. The van der Waals surface area contributed by atoms with Crippen LogP contribution in [0.3, 0.4) is 0 Å². The third-order valence-corrected chi connectivity index (χ3v) is 2.41. The zero-order valence-electron chi connectivity index (χ0n) is 8.65. The molecule has 0 saturated heterocycles. The minimum atomic E-state index is -0.661. The summed E-state index contributed by atoms with van der Waals surface area (Å²) in [5.41, 5.74) is -0.181. The first kappa shape index (κ1) is 11.5. The molecule has 0 spiro atoms. The molecule has 5 heteroatoms. The lowest BCUT2D eigenvalue weighted by Gasteiger charge is -2.06. The van der Waals surface area contributed by atoms with Gasteiger partial charge in [0.15, 0.2) is 0 Å². The third-order valence-electron chi connectivity index (χ3n) is 2.10. The fourth-order valence-corrected chi connectivity index (χ4v) is 1.58. The molecule has 0 fully saturated rings. The standard InChI is InChI=1S/C12H8ClFN2O/c13-8-4-3-5-9(14)11(8)12(17)16-10-6-1-2-7-15-10/h1-7H,(H,15,16,17). The molecule has 2 aromatic rings. The Balaban J connectivity index is 2.27. The SMILES string of the molecule is O=C(Nc1ccccn1)c1c(F)cccc1Cl. The Hall–Kier alpha value is -1.94. The van der Waals surface area contributed by atoms with Gasteiger partial charge in [-0.25, -0.2) is 9.37 Å². The summed E-state index contributed by atoms with van der Waals surface area (Å²) in [4.78, 5) is 15.7. The Labute approximate surface area is 102 Å². The van der Waals surface area contributed by atoms with Crippen LogP contribution in [-0.4, -0.2) is 10.9 Å². The zero-order chi connectivity index (χ0) is 12.3. The van der Waals surface area contributed by atoms with Gasteiger partial charge in [-0.05, 0) is 24.3 Å². The van der Waals surface area contributed by atoms with Crippen molar-refractivity contribution in [2.24, 2.45) is 0 Å². The molecule has 0 radical (unpaired) electrons. The molecular formula is C12H8ClFN2O. The van der Waals surface area contributed by atoms with E-state index >= 15 is 0 Å². The molecule has 0 aliphatic heterocycles. The van der Waals surface area contributed by atoms with E-state index < -0.39 is 11.7 Å². The molecule has 0 aliphatic rings. The average Bonchev–Trinajstić information content (AvgIpc) is 2.30. The first-order valence-corrected chi connectivity index (χ1v) is 5.22. The summed E-state index contributed by atoms with van der Waals surface area (Å²) in [7, 11) is 0. The molecule has 0 aliphatic carbocycles. The lowest BCUT2D eigenvalue weighted by molar-refractivity contribution is 0.102. The lowest BCUT2D eigenvalue weighted by Crippen LogP contribution is -2.15. The monoisotopic (exact) mass is 250 g/mol. The van der Waals surface area contributed by atoms with E-state index in [4.69, 9.17) is 11.6 Å². The number of anilines is 1. The molecule has 0 bridgehead atoms. The van der Waals surface area contributed by atoms with Crippen LogP contribution in [0.25, 0.3) is 0 Å². The van der Waals surface area contributed by atoms with E-state index in [9.17, 15) is 9.18 Å². The van der Waals surface area contributed by atoms with Crippen LogP contribution in [0.5, 0.6) is 0 Å². The first-order valence-electron chi connectivity index (χ1n) is 4.85. The maximum atomic E-state index is 13.4. The van der Waals surface area contributed by atoms with Gasteiger partial charge in [-0.3, -0.25) is 4.79 Å². The molecule has 86 valence electrons. The summed E-state index contributed by atoms with van der Waals surface area (Å²) in [5.74, 6) is -0.936. The third kappa shape index (κ3) is 2.60. The highest BCUT2D eigenvalue weighted by molar-refractivity contribution is 6.34. The highest BCUT2D eigenvalue weighted by Crippen LogP contribution is 2.19. The van der Waals surface area contributed by atoms with Gasteiger partial charge in [-0.1, -0.05) is 23.7 Å². The quantitative estimate of drug-likeness (QED) is 0.890. The highest BCUT2D eigenvalue weighted by Gasteiger charge is 2.15. The second-order valence-electron chi connectivity index (χ2n) is 3.27. The minimum absolute atomic E-state index is 0.0680. The molecule has 3 nitrogen and oxygen atoms in total. The molecule has 17 heavy (non-hydrogen) atoms. The summed E-state index contributed by atoms with van der Waals surface area (Å²) in [6, 6.07) is 9.11. The number of amides is 1. The Bertz CT molecular complexity index is 525. The van der Waals surface area contributed by atoms with Crippen LogP contribution in [0.15, 0.2) is 42.6 Å². The number of carbonyl (C=O) groups excluding carboxylic acids is 1. The normalized spacial score (nSPS) is 10.0. The summed E-state index contributed by atoms with van der Waals surface area (Å²) in [6.07, 6.45) is 1.53. The van der Waals surface area contributed by atoms with E-state index in [1.165, 1.54) is 24.4 Å². The number of hydrogen-bond donors (Lipinski definition) is 1. The van der Waals surface area contributed by atoms with Gasteiger partial charge in [0.1, 0.15) is 11.6 Å². The second kappa shape index (κ2) is 4.93. The van der Waals surface area contributed by atoms with Crippen LogP contribution >= 0.6 is 11.6 Å². The van der Waals surface area contributed by atoms with Crippen molar-refractivity contribution in [2.45, 2.75) is 0 Å². The number of halogens is 2. The first-order chi connectivity index (χ1) is 8.18. The van der Waals surface area contributed by atoms with E-state index in [1.807, 2.05) is 0 Å². The molecular weight excluding hydrogens is 243 g/mol. The van der Waals surface area contributed by atoms with E-state index in [2.05, 4.69) is 10.3 Å². The van der Waals surface area contributed by atoms with Crippen LogP contribution in [-0.2, 0) is 0 Å². The highest BCUT2D eigenvalue weighted by atomic mass is 35.5. The second-order valence-corrected chi connectivity index (χ2v) is 3.67. The number of nitrogens with one attached hydrogen (secondary N) is 1. The smallest absolute Gasteiger partial charge is 0.261 e. The number of carbonyl (C=O) groups is 1. The molecule has 1 aromatic heterocycles. The van der Waals surface area contributed by atoms with Gasteiger partial charge in [-0.2, -0.15) is 0 Å². The van der Waals surface area contributed by atoms with Crippen molar-refractivity contribution in [3.63, 3.8) is 0 Å². The molecule has 2 rings (SSSR count). The largest absolute Gasteiger partial charge is 0.306 e. The van der Waals surface area contributed by atoms with E-state index in [0.717, 1.165) is 0 Å². The fourth-order valence-electron chi connectivity index (χ4n) is 1.33. The van der Waals surface area contributed by atoms with Gasteiger partial charge in [0.05, 0.1) is 10.6 Å². The molecule has 1 aromatic carbocycles. The predicted octanol–water partition coefficient (Wildman–Crippen LogP) is 3.13. The van der Waals surface area contributed by atoms with E-state index in [-0.39, 0.29) is 10.6 Å². The van der Waals surface area contributed by atoms with Crippen molar-refractivity contribution < 1.29 is 9.18 Å². The number of benzene rings is 1. The predicted molar refractivity (Wildman–Crippen MR) is 63.6 cm³/mol. The summed E-state index contributed by atoms with van der Waals surface area (Å²) < 4.78 is 13.4. The summed E-state index contributed by atoms with van der Waals surface area (Å²) >= 11 is 5.77. The molecule has 1 amide bonds. The van der Waals surface area contributed by atoms with Crippen molar-refractivity contribution in [1.82, 2.24) is 4.98 Å². The van der Waals surface area contributed by atoms with Crippen LogP contribution in [0.2, 0.25) is 5.02 Å². The van der Waals surface area contributed by atoms with Gasteiger partial charge in [0, 0.05) is 6.20 Å². The van der Waals surface area contributed by atoms with Gasteiger partial charge in [0.2, 0.25) is 0 Å². The van der Waals surface area contributed by atoms with E-state index in [0.29, 0.717) is 5.82 Å². The van der Waals surface area contributed by atoms with Crippen LogP contribution in [0, 0.1) is 5.82 Å². The number of aromatic nitrogens is 1. The molecule has 0 unspecified atom stereocenters. The number of nitrogens with zero attached hydrogens (tertiary/aromatic N) is 1. The van der Waals surface area contributed by atoms with Gasteiger partial charge >= 0.3 is 0 Å². The van der Waals surface area contributed by atoms with Crippen molar-refractivity contribution in [2.75, 3.05) is 5.32 Å². The van der Waals surface area contributed by atoms with Crippen molar-refractivity contribution in [3.05, 3.63) is 59.0 Å². The Kier molecular flexibility index (Phi) is 3.35. The maximum Gasteiger partial charge on any atom is 0.261 e.